The van der Waals surface area contributed by atoms with Gasteiger partial charge in [-0.25, -0.2) is 0 Å². The van der Waals surface area contributed by atoms with Crippen LogP contribution in [-0.4, -0.2) is 19.6 Å². The number of hydrogen-bond donors (Lipinski definition) is 1. The Hall–Kier alpha value is -0.800. The monoisotopic (exact) mass is 153 g/mol. The highest BCUT2D eigenvalue weighted by atomic mass is 16.7. The van der Waals surface area contributed by atoms with Gasteiger partial charge in [0.1, 0.15) is 11.5 Å². The van der Waals surface area contributed by atoms with Gasteiger partial charge >= 0.3 is 0 Å². The summed E-state index contributed by atoms with van der Waals surface area (Å²) in [6.07, 6.45) is 6.73. The van der Waals surface area contributed by atoms with Crippen molar-refractivity contribution in [1.29, 1.82) is 0 Å². The number of rotatable bonds is 1. The summed E-state index contributed by atoms with van der Waals surface area (Å²) in [6.45, 7) is 0.344. The lowest BCUT2D eigenvalue weighted by Crippen LogP contribution is -2.48. The fraction of sp³-hybridized carbons (Fsp3) is 0.500. The summed E-state index contributed by atoms with van der Waals surface area (Å²) in [5, 5.41) is 3.12. The van der Waals surface area contributed by atoms with Crippen molar-refractivity contribution in [3.63, 3.8) is 0 Å². The van der Waals surface area contributed by atoms with Crippen LogP contribution in [0.4, 0.5) is 0 Å². The van der Waals surface area contributed by atoms with Gasteiger partial charge in [0.05, 0.1) is 6.42 Å². The van der Waals surface area contributed by atoms with Crippen LogP contribution in [0.2, 0.25) is 0 Å². The van der Waals surface area contributed by atoms with Crippen LogP contribution in [0, 0.1) is 0 Å². The van der Waals surface area contributed by atoms with Gasteiger partial charge in [-0.1, -0.05) is 6.08 Å². The molecule has 1 N–H and O–H groups in total. The largest absolute Gasteiger partial charge is 0.472 e. The summed E-state index contributed by atoms with van der Waals surface area (Å²) in [5.74, 6) is 0.994. The zero-order valence-corrected chi connectivity index (χ0v) is 6.46. The van der Waals surface area contributed by atoms with Crippen LogP contribution < -0.4 is 5.32 Å². The van der Waals surface area contributed by atoms with E-state index in [9.17, 15) is 0 Å². The van der Waals surface area contributed by atoms with E-state index in [4.69, 9.17) is 9.47 Å². The van der Waals surface area contributed by atoms with Crippen LogP contribution in [0.3, 0.4) is 0 Å². The van der Waals surface area contributed by atoms with Crippen molar-refractivity contribution < 1.29 is 9.47 Å². The van der Waals surface area contributed by atoms with Crippen LogP contribution in [0.25, 0.3) is 0 Å². The number of hydrogen-bond acceptors (Lipinski definition) is 3. The molecule has 0 aromatic carbocycles. The normalized spacial score (nSPS) is 34.5. The van der Waals surface area contributed by atoms with Gasteiger partial charge in [-0.15, -0.1) is 0 Å². The highest BCUT2D eigenvalue weighted by molar-refractivity contribution is 5.22. The SMILES string of the molecule is CNC12C=CC=C(C1)OCO2. The van der Waals surface area contributed by atoms with Crippen molar-refractivity contribution in [2.45, 2.75) is 12.1 Å². The standard InChI is InChI=1S/C8H11NO2/c1-9-8-4-2-3-7(5-8)10-6-11-8/h2-4,9H,5-6H2,1H3. The van der Waals surface area contributed by atoms with Gasteiger partial charge in [0.15, 0.2) is 6.79 Å². The highest BCUT2D eigenvalue weighted by Crippen LogP contribution is 2.28. The molecule has 1 aliphatic carbocycles. The first-order chi connectivity index (χ1) is 5.35. The lowest BCUT2D eigenvalue weighted by atomic mass is 10.0. The number of fused-ring (bicyclic) bond motifs is 2. The second-order valence-corrected chi connectivity index (χ2v) is 2.71. The minimum absolute atomic E-state index is 0.303. The fourth-order valence-electron chi connectivity index (χ4n) is 1.34. The molecule has 1 saturated heterocycles. The van der Waals surface area contributed by atoms with E-state index < -0.39 is 0 Å². The van der Waals surface area contributed by atoms with Gasteiger partial charge in [0, 0.05) is 0 Å². The zero-order valence-electron chi connectivity index (χ0n) is 6.46. The lowest BCUT2D eigenvalue weighted by molar-refractivity contribution is -0.157. The van der Waals surface area contributed by atoms with E-state index >= 15 is 0 Å². The summed E-state index contributed by atoms with van der Waals surface area (Å²) < 4.78 is 10.6. The molecule has 0 saturated carbocycles. The topological polar surface area (TPSA) is 30.5 Å². The van der Waals surface area contributed by atoms with E-state index in [1.54, 1.807) is 0 Å². The Morgan fingerprint density at radius 1 is 1.64 bits per heavy atom. The average molecular weight is 153 g/mol. The minimum atomic E-state index is -0.303. The maximum atomic E-state index is 5.42. The van der Waals surface area contributed by atoms with E-state index in [-0.39, 0.29) is 5.72 Å². The molecule has 1 heterocycles. The molecule has 1 atom stereocenters. The van der Waals surface area contributed by atoms with Gasteiger partial charge in [-0.2, -0.15) is 0 Å². The van der Waals surface area contributed by atoms with E-state index in [1.165, 1.54) is 0 Å². The Balaban J connectivity index is 2.25. The highest BCUT2D eigenvalue weighted by Gasteiger charge is 2.33. The minimum Gasteiger partial charge on any atom is -0.472 e. The Bertz CT molecular complexity index is 222. The molecule has 0 aromatic heterocycles. The van der Waals surface area contributed by atoms with Crippen molar-refractivity contribution in [2.75, 3.05) is 13.8 Å². The molecule has 0 spiro atoms. The van der Waals surface area contributed by atoms with Gasteiger partial charge < -0.3 is 9.47 Å². The van der Waals surface area contributed by atoms with E-state index in [1.807, 2.05) is 25.3 Å². The molecule has 0 radical (unpaired) electrons. The van der Waals surface area contributed by atoms with Crippen LogP contribution in [0.15, 0.2) is 24.0 Å². The average Bonchev–Trinajstić information content (AvgIpc) is 2.05. The first kappa shape index (κ1) is 6.88. The van der Waals surface area contributed by atoms with Crippen LogP contribution in [0.5, 0.6) is 0 Å². The summed E-state index contributed by atoms with van der Waals surface area (Å²) in [4.78, 5) is 0. The zero-order chi connectivity index (χ0) is 7.73. The van der Waals surface area contributed by atoms with Crippen molar-refractivity contribution in [2.24, 2.45) is 0 Å². The summed E-state index contributed by atoms with van der Waals surface area (Å²) >= 11 is 0. The third kappa shape index (κ3) is 1.06. The van der Waals surface area contributed by atoms with E-state index in [0.717, 1.165) is 12.2 Å². The van der Waals surface area contributed by atoms with Crippen molar-refractivity contribution in [1.82, 2.24) is 5.32 Å². The Kier molecular flexibility index (Phi) is 1.47. The lowest BCUT2D eigenvalue weighted by Gasteiger charge is -2.37. The van der Waals surface area contributed by atoms with Crippen LogP contribution >= 0.6 is 0 Å². The molecule has 2 rings (SSSR count). The van der Waals surface area contributed by atoms with E-state index in [2.05, 4.69) is 5.32 Å². The number of allylic oxidation sites excluding steroid dienone is 2. The first-order valence-electron chi connectivity index (χ1n) is 3.69. The predicted octanol–water partition coefficient (Wildman–Crippen LogP) is 0.750. The molecule has 1 unspecified atom stereocenters. The maximum Gasteiger partial charge on any atom is 0.191 e. The molecule has 0 amide bonds. The van der Waals surface area contributed by atoms with Gasteiger partial charge in [0.25, 0.3) is 0 Å². The number of nitrogens with one attached hydrogen (secondary N) is 1. The molecule has 60 valence electrons. The molecule has 3 nitrogen and oxygen atoms in total. The second-order valence-electron chi connectivity index (χ2n) is 2.71. The second kappa shape index (κ2) is 2.36. The molecule has 1 fully saturated rings. The fourth-order valence-corrected chi connectivity index (χ4v) is 1.34. The molecule has 11 heavy (non-hydrogen) atoms. The van der Waals surface area contributed by atoms with E-state index in [0.29, 0.717) is 6.79 Å². The van der Waals surface area contributed by atoms with Crippen LogP contribution in [-0.2, 0) is 9.47 Å². The van der Waals surface area contributed by atoms with Gasteiger partial charge in [-0.3, -0.25) is 5.32 Å². The molecule has 2 aliphatic rings. The number of likely N-dealkylation sites (N-methyl/N-ethyl adjacent to an activating group) is 1. The third-order valence-corrected chi connectivity index (χ3v) is 2.07. The summed E-state index contributed by atoms with van der Waals surface area (Å²) in [7, 11) is 1.89. The van der Waals surface area contributed by atoms with Crippen molar-refractivity contribution in [3.8, 4) is 0 Å². The van der Waals surface area contributed by atoms with Crippen molar-refractivity contribution >= 4 is 0 Å². The van der Waals surface area contributed by atoms with Gasteiger partial charge in [-0.05, 0) is 19.2 Å². The molecular formula is C8H11NO2. The summed E-state index contributed by atoms with van der Waals surface area (Å²) in [5.41, 5.74) is -0.303. The third-order valence-electron chi connectivity index (χ3n) is 2.07. The number of ether oxygens (including phenoxy) is 2. The Morgan fingerprint density at radius 3 is 3.27 bits per heavy atom. The Morgan fingerprint density at radius 2 is 2.55 bits per heavy atom. The van der Waals surface area contributed by atoms with Crippen LogP contribution in [0.1, 0.15) is 6.42 Å². The smallest absolute Gasteiger partial charge is 0.191 e. The first-order valence-corrected chi connectivity index (χ1v) is 3.69. The van der Waals surface area contributed by atoms with Gasteiger partial charge in [0.2, 0.25) is 0 Å². The maximum absolute atomic E-state index is 5.42. The summed E-state index contributed by atoms with van der Waals surface area (Å²) in [6, 6.07) is 0. The molecule has 2 bridgehead atoms. The molecule has 0 aromatic rings. The molecular weight excluding hydrogens is 142 g/mol. The predicted molar refractivity (Wildman–Crippen MR) is 40.7 cm³/mol. The van der Waals surface area contributed by atoms with Crippen molar-refractivity contribution in [3.05, 3.63) is 24.0 Å². The quantitative estimate of drug-likeness (QED) is 0.603. The Labute approximate surface area is 65.7 Å². The molecule has 1 aliphatic heterocycles. The molecule has 3 heteroatoms.